The molecular formula is C16H15N3O3S2. The Hall–Kier alpha value is -2.21. The van der Waals surface area contributed by atoms with Crippen LogP contribution in [0.3, 0.4) is 0 Å². The van der Waals surface area contributed by atoms with Gasteiger partial charge >= 0.3 is 0 Å². The van der Waals surface area contributed by atoms with Crippen LogP contribution in [0.4, 0.5) is 5.00 Å². The van der Waals surface area contributed by atoms with Crippen LogP contribution >= 0.6 is 11.3 Å². The number of hydrogen-bond acceptors (Lipinski definition) is 5. The van der Waals surface area contributed by atoms with E-state index in [4.69, 9.17) is 5.26 Å². The highest BCUT2D eigenvalue weighted by Gasteiger charge is 2.37. The number of nitrogens with one attached hydrogen (secondary N) is 1. The molecule has 0 bridgehead atoms. The van der Waals surface area contributed by atoms with Crippen molar-refractivity contribution in [3.05, 3.63) is 52.4 Å². The Bertz CT molecular complexity index is 928. The minimum atomic E-state index is -3.55. The van der Waals surface area contributed by atoms with Gasteiger partial charge in [-0.1, -0.05) is 24.3 Å². The number of amides is 1. The summed E-state index contributed by atoms with van der Waals surface area (Å²) >= 11 is 1.24. The largest absolute Gasteiger partial charge is 0.315 e. The number of fused-ring (bicyclic) bond motifs is 1. The van der Waals surface area contributed by atoms with Gasteiger partial charge in [-0.3, -0.25) is 4.79 Å². The Kier molecular flexibility index (Phi) is 4.41. The number of anilines is 1. The summed E-state index contributed by atoms with van der Waals surface area (Å²) in [5.74, 6) is -0.422. The van der Waals surface area contributed by atoms with E-state index in [0.29, 0.717) is 17.0 Å². The molecule has 1 N–H and O–H groups in total. The topological polar surface area (TPSA) is 90.3 Å². The third kappa shape index (κ3) is 3.19. The van der Waals surface area contributed by atoms with Crippen LogP contribution in [0.5, 0.6) is 0 Å². The number of rotatable bonds is 3. The van der Waals surface area contributed by atoms with Crippen molar-refractivity contribution in [3.8, 4) is 6.07 Å². The number of sulfonamides is 1. The van der Waals surface area contributed by atoms with Gasteiger partial charge in [0, 0.05) is 6.54 Å². The lowest BCUT2D eigenvalue weighted by molar-refractivity contribution is -0.120. The van der Waals surface area contributed by atoms with Crippen molar-refractivity contribution in [2.75, 3.05) is 11.6 Å². The van der Waals surface area contributed by atoms with E-state index < -0.39 is 22.0 Å². The lowest BCUT2D eigenvalue weighted by Crippen LogP contribution is -2.50. The molecular weight excluding hydrogens is 346 g/mol. The number of carbonyl (C=O) groups excluding carboxylic acids is 1. The van der Waals surface area contributed by atoms with Crippen molar-refractivity contribution in [3.63, 3.8) is 0 Å². The molecule has 6 nitrogen and oxygen atoms in total. The van der Waals surface area contributed by atoms with Gasteiger partial charge in [-0.15, -0.1) is 11.3 Å². The second-order valence-electron chi connectivity index (χ2n) is 5.56. The molecule has 2 heterocycles. The zero-order valence-corrected chi connectivity index (χ0v) is 14.5. The third-order valence-corrected chi connectivity index (χ3v) is 6.02. The van der Waals surface area contributed by atoms with Crippen LogP contribution in [0.15, 0.2) is 35.7 Å². The van der Waals surface area contributed by atoms with E-state index in [9.17, 15) is 13.2 Å². The molecule has 0 unspecified atom stereocenters. The molecule has 1 aliphatic heterocycles. The minimum Gasteiger partial charge on any atom is -0.315 e. The highest BCUT2D eigenvalue weighted by Crippen LogP contribution is 2.28. The lowest BCUT2D eigenvalue weighted by atomic mass is 9.95. The van der Waals surface area contributed by atoms with E-state index in [1.165, 1.54) is 15.6 Å². The van der Waals surface area contributed by atoms with Crippen molar-refractivity contribution in [2.45, 2.75) is 19.0 Å². The van der Waals surface area contributed by atoms with E-state index in [1.807, 2.05) is 30.3 Å². The van der Waals surface area contributed by atoms with E-state index in [2.05, 4.69) is 5.32 Å². The highest BCUT2D eigenvalue weighted by molar-refractivity contribution is 7.88. The lowest BCUT2D eigenvalue weighted by Gasteiger charge is -2.33. The van der Waals surface area contributed by atoms with E-state index in [1.54, 1.807) is 11.4 Å². The Morgan fingerprint density at radius 1 is 1.33 bits per heavy atom. The summed E-state index contributed by atoms with van der Waals surface area (Å²) in [4.78, 5) is 12.7. The molecule has 124 valence electrons. The first kappa shape index (κ1) is 16.6. The molecule has 1 aromatic carbocycles. The maximum atomic E-state index is 12.7. The van der Waals surface area contributed by atoms with Crippen molar-refractivity contribution < 1.29 is 13.2 Å². The third-order valence-electron chi connectivity index (χ3n) is 3.96. The normalized spacial score (nSPS) is 17.8. The van der Waals surface area contributed by atoms with Crippen LogP contribution in [0.2, 0.25) is 0 Å². The Labute approximate surface area is 144 Å². The van der Waals surface area contributed by atoms with Crippen molar-refractivity contribution in [1.82, 2.24) is 4.31 Å². The first-order valence-corrected chi connectivity index (χ1v) is 9.95. The van der Waals surface area contributed by atoms with Gasteiger partial charge in [0.2, 0.25) is 15.9 Å². The fourth-order valence-corrected chi connectivity index (χ4v) is 4.51. The zero-order valence-electron chi connectivity index (χ0n) is 12.9. The summed E-state index contributed by atoms with van der Waals surface area (Å²) in [7, 11) is -3.55. The fourth-order valence-electron chi connectivity index (χ4n) is 2.76. The summed E-state index contributed by atoms with van der Waals surface area (Å²) in [5.41, 5.74) is 2.24. The van der Waals surface area contributed by atoms with Crippen LogP contribution in [0.25, 0.3) is 0 Å². The molecule has 24 heavy (non-hydrogen) atoms. The Morgan fingerprint density at radius 3 is 2.71 bits per heavy atom. The maximum Gasteiger partial charge on any atom is 0.243 e. The summed E-state index contributed by atoms with van der Waals surface area (Å²) in [6.45, 7) is 0.169. The maximum absolute atomic E-state index is 12.7. The molecule has 1 atom stereocenters. The number of hydrogen-bond donors (Lipinski definition) is 1. The van der Waals surface area contributed by atoms with Gasteiger partial charge in [0.05, 0.1) is 11.8 Å². The van der Waals surface area contributed by atoms with Crippen molar-refractivity contribution in [2.24, 2.45) is 0 Å². The van der Waals surface area contributed by atoms with Crippen LogP contribution < -0.4 is 5.32 Å². The molecule has 1 aliphatic rings. The smallest absolute Gasteiger partial charge is 0.243 e. The van der Waals surface area contributed by atoms with Crippen LogP contribution in [0.1, 0.15) is 16.7 Å². The van der Waals surface area contributed by atoms with Gasteiger partial charge in [0.1, 0.15) is 17.1 Å². The monoisotopic (exact) mass is 361 g/mol. The van der Waals surface area contributed by atoms with Gasteiger partial charge in [0.15, 0.2) is 0 Å². The van der Waals surface area contributed by atoms with Crippen LogP contribution in [-0.2, 0) is 27.8 Å². The van der Waals surface area contributed by atoms with Crippen LogP contribution in [-0.4, -0.2) is 30.9 Å². The second kappa shape index (κ2) is 6.36. The number of benzene rings is 1. The predicted octanol–water partition coefficient (Wildman–Crippen LogP) is 1.94. The predicted molar refractivity (Wildman–Crippen MR) is 92.0 cm³/mol. The molecule has 1 amide bonds. The van der Waals surface area contributed by atoms with Crippen molar-refractivity contribution >= 4 is 32.3 Å². The van der Waals surface area contributed by atoms with Gasteiger partial charge in [0.25, 0.3) is 0 Å². The molecule has 8 heteroatoms. The zero-order chi connectivity index (χ0) is 17.3. The van der Waals surface area contributed by atoms with E-state index >= 15 is 0 Å². The van der Waals surface area contributed by atoms with Gasteiger partial charge < -0.3 is 5.32 Å². The molecule has 1 aromatic heterocycles. The molecule has 0 radical (unpaired) electrons. The van der Waals surface area contributed by atoms with Gasteiger partial charge in [-0.05, 0) is 29.0 Å². The minimum absolute atomic E-state index is 0.169. The number of thiophene rings is 1. The quantitative estimate of drug-likeness (QED) is 0.905. The van der Waals surface area contributed by atoms with Gasteiger partial charge in [-0.25, -0.2) is 8.42 Å². The SMILES string of the molecule is CS(=O)(=O)N1Cc2ccccc2C[C@H]1C(=O)Nc1sccc1C#N. The summed E-state index contributed by atoms with van der Waals surface area (Å²) < 4.78 is 25.5. The number of nitrogens with zero attached hydrogens (tertiary/aromatic N) is 2. The number of carbonyl (C=O) groups is 1. The van der Waals surface area contributed by atoms with E-state index in [0.717, 1.165) is 17.4 Å². The molecule has 0 spiro atoms. The number of nitriles is 1. The van der Waals surface area contributed by atoms with E-state index in [-0.39, 0.29) is 6.54 Å². The second-order valence-corrected chi connectivity index (χ2v) is 8.41. The Morgan fingerprint density at radius 2 is 2.04 bits per heavy atom. The summed E-state index contributed by atoms with van der Waals surface area (Å²) in [6.07, 6.45) is 1.41. The summed E-state index contributed by atoms with van der Waals surface area (Å²) in [6, 6.07) is 10.3. The average molecular weight is 361 g/mol. The molecule has 0 fully saturated rings. The molecule has 0 saturated heterocycles. The standard InChI is InChI=1S/C16H15N3O3S2/c1-24(21,22)19-10-13-5-3-2-4-11(13)8-14(19)15(20)18-16-12(9-17)6-7-23-16/h2-7,14H,8,10H2,1H3,(H,18,20)/t14-/m0/s1. The molecule has 2 aromatic rings. The first-order valence-electron chi connectivity index (χ1n) is 7.22. The van der Waals surface area contributed by atoms with Crippen LogP contribution in [0, 0.1) is 11.3 Å². The summed E-state index contributed by atoms with van der Waals surface area (Å²) in [5, 5.41) is 13.9. The first-order chi connectivity index (χ1) is 11.4. The fraction of sp³-hybridized carbons (Fsp3) is 0.250. The van der Waals surface area contributed by atoms with Gasteiger partial charge in [-0.2, -0.15) is 9.57 Å². The average Bonchev–Trinajstić information content (AvgIpc) is 2.99. The Balaban J connectivity index is 1.92. The molecule has 3 rings (SSSR count). The molecule has 0 aliphatic carbocycles. The highest BCUT2D eigenvalue weighted by atomic mass is 32.2. The molecule has 0 saturated carbocycles. The van der Waals surface area contributed by atoms with Crippen molar-refractivity contribution in [1.29, 1.82) is 5.26 Å².